The average Bonchev–Trinajstić information content (AvgIpc) is 2.82. The molecule has 1 saturated carbocycles. The SMILES string of the molecule is CC[C@@H](N)c1cnc(O[C@H]2C[C@@H](S(C)(=O)=O)C2)c2cnc(Nc3ccc4c(n3)[C@@H](C)C(C)(C)OC4=O)cc12. The Balaban J connectivity index is 1.46. The topological polar surface area (TPSA) is 146 Å². The highest BCUT2D eigenvalue weighted by Gasteiger charge is 2.40. The van der Waals surface area contributed by atoms with Crippen molar-refractivity contribution in [3.63, 3.8) is 0 Å². The number of cyclic esters (lactones) is 1. The van der Waals surface area contributed by atoms with E-state index in [0.717, 1.165) is 17.4 Å². The molecule has 0 bridgehead atoms. The Kier molecular flexibility index (Phi) is 6.55. The first kappa shape index (κ1) is 26.3. The summed E-state index contributed by atoms with van der Waals surface area (Å²) in [6.07, 6.45) is 6.04. The van der Waals surface area contributed by atoms with Gasteiger partial charge in [0.25, 0.3) is 0 Å². The Morgan fingerprint density at radius 2 is 1.92 bits per heavy atom. The number of aromatic nitrogens is 3. The molecule has 3 aromatic heterocycles. The zero-order chi connectivity index (χ0) is 27.4. The van der Waals surface area contributed by atoms with Crippen LogP contribution >= 0.6 is 0 Å². The van der Waals surface area contributed by atoms with Crippen LogP contribution in [0.5, 0.6) is 5.88 Å². The van der Waals surface area contributed by atoms with Crippen LogP contribution in [0, 0.1) is 0 Å². The van der Waals surface area contributed by atoms with E-state index in [-0.39, 0.29) is 29.3 Å². The van der Waals surface area contributed by atoms with Crippen molar-refractivity contribution in [2.75, 3.05) is 11.6 Å². The van der Waals surface area contributed by atoms with Gasteiger partial charge >= 0.3 is 5.97 Å². The van der Waals surface area contributed by atoms with Gasteiger partial charge in [0.15, 0.2) is 9.84 Å². The number of anilines is 2. The maximum atomic E-state index is 12.4. The number of carbonyl (C=O) groups excluding carboxylic acids is 1. The van der Waals surface area contributed by atoms with Gasteiger partial charge in [-0.05, 0) is 49.4 Å². The van der Waals surface area contributed by atoms with Gasteiger partial charge in [0.2, 0.25) is 5.88 Å². The van der Waals surface area contributed by atoms with E-state index in [1.807, 2.05) is 33.8 Å². The van der Waals surface area contributed by atoms with Crippen molar-refractivity contribution in [1.82, 2.24) is 15.0 Å². The van der Waals surface area contributed by atoms with Crippen LogP contribution in [0.15, 0.2) is 30.6 Å². The lowest BCUT2D eigenvalue weighted by Gasteiger charge is -2.36. The number of pyridine rings is 3. The van der Waals surface area contributed by atoms with Crippen LogP contribution in [-0.4, -0.2) is 52.5 Å². The van der Waals surface area contributed by atoms with E-state index in [1.54, 1.807) is 24.5 Å². The first-order valence-electron chi connectivity index (χ1n) is 12.8. The van der Waals surface area contributed by atoms with Crippen molar-refractivity contribution in [3.8, 4) is 5.88 Å². The van der Waals surface area contributed by atoms with E-state index in [0.29, 0.717) is 47.0 Å². The molecule has 1 fully saturated rings. The lowest BCUT2D eigenvalue weighted by molar-refractivity contribution is -0.0189. The lowest BCUT2D eigenvalue weighted by atomic mass is 9.84. The molecule has 4 heterocycles. The monoisotopic (exact) mass is 539 g/mol. The van der Waals surface area contributed by atoms with Gasteiger partial charge in [-0.1, -0.05) is 13.8 Å². The third kappa shape index (κ3) is 4.80. The zero-order valence-electron chi connectivity index (χ0n) is 22.2. The summed E-state index contributed by atoms with van der Waals surface area (Å²) in [6.45, 7) is 7.75. The highest BCUT2D eigenvalue weighted by molar-refractivity contribution is 7.91. The van der Waals surface area contributed by atoms with E-state index < -0.39 is 15.4 Å². The smallest absolute Gasteiger partial charge is 0.340 e. The number of nitrogens with two attached hydrogens (primary N) is 1. The van der Waals surface area contributed by atoms with Gasteiger partial charge in [-0.25, -0.2) is 28.2 Å². The highest BCUT2D eigenvalue weighted by atomic mass is 32.2. The molecule has 0 spiro atoms. The van der Waals surface area contributed by atoms with Crippen LogP contribution in [0.2, 0.25) is 0 Å². The fourth-order valence-corrected chi connectivity index (χ4v) is 5.95. The molecular formula is C27H33N5O5S. The van der Waals surface area contributed by atoms with Crippen LogP contribution in [0.3, 0.4) is 0 Å². The number of esters is 1. The van der Waals surface area contributed by atoms with Crippen molar-refractivity contribution < 1.29 is 22.7 Å². The van der Waals surface area contributed by atoms with Crippen molar-refractivity contribution in [3.05, 3.63) is 47.4 Å². The van der Waals surface area contributed by atoms with Gasteiger partial charge in [-0.3, -0.25) is 0 Å². The summed E-state index contributed by atoms with van der Waals surface area (Å²) in [4.78, 5) is 26.2. The zero-order valence-corrected chi connectivity index (χ0v) is 23.0. The Morgan fingerprint density at radius 1 is 1.18 bits per heavy atom. The standard InChI is InChI=1S/C27H33N5O5S/c1-6-21(28)19-12-30-25(36-15-9-16(10-15)38(5,34)35)20-13-29-23(11-18(19)20)31-22-8-7-17-24(32-22)14(2)27(3,4)37-26(17)33/h7-8,11-16,21H,6,9-10,28H2,1-5H3,(H,29,31,32)/t14-,15-,16+,21-/m1/s1. The molecule has 0 amide bonds. The van der Waals surface area contributed by atoms with E-state index in [9.17, 15) is 13.2 Å². The quantitative estimate of drug-likeness (QED) is 0.419. The summed E-state index contributed by atoms with van der Waals surface area (Å²) in [7, 11) is -3.08. The number of carbonyl (C=O) groups is 1. The summed E-state index contributed by atoms with van der Waals surface area (Å²) >= 11 is 0. The molecule has 10 nitrogen and oxygen atoms in total. The van der Waals surface area contributed by atoms with Crippen molar-refractivity contribution in [2.24, 2.45) is 5.73 Å². The number of ether oxygens (including phenoxy) is 2. The molecule has 11 heteroatoms. The van der Waals surface area contributed by atoms with Gasteiger partial charge in [-0.15, -0.1) is 0 Å². The Bertz CT molecular complexity index is 1520. The van der Waals surface area contributed by atoms with E-state index in [4.69, 9.17) is 20.2 Å². The summed E-state index contributed by atoms with van der Waals surface area (Å²) in [5.41, 5.74) is 7.75. The van der Waals surface area contributed by atoms with Gasteiger partial charge in [0, 0.05) is 43.5 Å². The molecule has 2 atom stereocenters. The second kappa shape index (κ2) is 9.46. The van der Waals surface area contributed by atoms with Crippen molar-refractivity contribution in [1.29, 1.82) is 0 Å². The molecule has 0 aromatic carbocycles. The van der Waals surface area contributed by atoms with Crippen LogP contribution < -0.4 is 15.8 Å². The van der Waals surface area contributed by atoms with Crippen LogP contribution in [0.4, 0.5) is 11.6 Å². The van der Waals surface area contributed by atoms with E-state index >= 15 is 0 Å². The molecular weight excluding hydrogens is 506 g/mol. The maximum Gasteiger partial charge on any atom is 0.340 e. The summed E-state index contributed by atoms with van der Waals surface area (Å²) < 4.78 is 35.2. The van der Waals surface area contributed by atoms with Gasteiger partial charge in [0.05, 0.1) is 21.9 Å². The molecule has 1 aliphatic carbocycles. The second-order valence-electron chi connectivity index (χ2n) is 10.8. The largest absolute Gasteiger partial charge is 0.474 e. The van der Waals surface area contributed by atoms with Crippen molar-refractivity contribution in [2.45, 2.75) is 75.9 Å². The average molecular weight is 540 g/mol. The summed E-state index contributed by atoms with van der Waals surface area (Å²) in [5.74, 6) is 1.05. The number of sulfone groups is 1. The molecule has 0 radical (unpaired) electrons. The predicted octanol–water partition coefficient (Wildman–Crippen LogP) is 4.19. The third-order valence-electron chi connectivity index (χ3n) is 7.75. The summed E-state index contributed by atoms with van der Waals surface area (Å²) in [5, 5.41) is 4.43. The predicted molar refractivity (Wildman–Crippen MR) is 144 cm³/mol. The molecule has 5 rings (SSSR count). The Morgan fingerprint density at radius 3 is 2.61 bits per heavy atom. The van der Waals surface area contributed by atoms with Crippen LogP contribution in [0.25, 0.3) is 10.8 Å². The maximum absolute atomic E-state index is 12.4. The minimum absolute atomic E-state index is 0.0877. The first-order valence-corrected chi connectivity index (χ1v) is 14.7. The van der Waals surface area contributed by atoms with Gasteiger partial charge in [-0.2, -0.15) is 0 Å². The number of hydrogen-bond acceptors (Lipinski definition) is 10. The normalized spacial score (nSPS) is 23.2. The summed E-state index contributed by atoms with van der Waals surface area (Å²) in [6, 6.07) is 5.10. The number of fused-ring (bicyclic) bond motifs is 2. The molecule has 0 saturated heterocycles. The van der Waals surface area contributed by atoms with E-state index in [2.05, 4.69) is 15.3 Å². The molecule has 3 N–H and O–H groups in total. The number of rotatable bonds is 7. The number of nitrogens with one attached hydrogen (secondary N) is 1. The second-order valence-corrected chi connectivity index (χ2v) is 13.1. The van der Waals surface area contributed by atoms with Gasteiger partial charge in [0.1, 0.15) is 23.3 Å². The fourth-order valence-electron chi connectivity index (χ4n) is 4.82. The minimum Gasteiger partial charge on any atom is -0.474 e. The molecule has 202 valence electrons. The molecule has 2 aliphatic rings. The molecule has 3 aromatic rings. The first-order chi connectivity index (χ1) is 17.9. The molecule has 1 aliphatic heterocycles. The van der Waals surface area contributed by atoms with Crippen LogP contribution in [-0.2, 0) is 14.6 Å². The number of hydrogen-bond donors (Lipinski definition) is 2. The van der Waals surface area contributed by atoms with Crippen LogP contribution in [0.1, 0.15) is 80.5 Å². The highest BCUT2D eigenvalue weighted by Crippen LogP contribution is 2.39. The molecule has 38 heavy (non-hydrogen) atoms. The fraction of sp³-hybridized carbons (Fsp3) is 0.481. The Labute approximate surface area is 222 Å². The third-order valence-corrected chi connectivity index (χ3v) is 9.35. The minimum atomic E-state index is -3.08. The van der Waals surface area contributed by atoms with E-state index in [1.165, 1.54) is 6.26 Å². The number of nitrogens with zero attached hydrogens (tertiary/aromatic N) is 3. The van der Waals surface area contributed by atoms with Crippen molar-refractivity contribution >= 4 is 38.2 Å². The lowest BCUT2D eigenvalue weighted by Crippen LogP contribution is -2.42. The Hall–Kier alpha value is -3.31. The van der Waals surface area contributed by atoms with Gasteiger partial charge < -0.3 is 20.5 Å². The molecule has 0 unspecified atom stereocenters.